The third-order valence-corrected chi connectivity index (χ3v) is 6.17. The van der Waals surface area contributed by atoms with Crippen LogP contribution >= 0.6 is 0 Å². The van der Waals surface area contributed by atoms with Crippen LogP contribution in [0, 0.1) is 11.8 Å². The maximum atomic E-state index is 10.6. The van der Waals surface area contributed by atoms with Crippen LogP contribution in [0.4, 0.5) is 0 Å². The van der Waals surface area contributed by atoms with Crippen molar-refractivity contribution in [3.8, 4) is 11.5 Å². The van der Waals surface area contributed by atoms with Crippen molar-refractivity contribution in [2.24, 2.45) is 11.8 Å². The molecule has 0 heterocycles. The van der Waals surface area contributed by atoms with E-state index in [4.69, 9.17) is 0 Å². The summed E-state index contributed by atoms with van der Waals surface area (Å²) in [7, 11) is 0. The average molecular weight is 278 g/mol. The SMILES string of the molecule is Oc1cccc2c1C13c4c(O)cccc4C[C@H]1CC[C@@H]3C2. The molecule has 21 heavy (non-hydrogen) atoms. The van der Waals surface area contributed by atoms with Crippen LogP contribution in [0.15, 0.2) is 36.4 Å². The van der Waals surface area contributed by atoms with Gasteiger partial charge in [0.1, 0.15) is 11.5 Å². The molecule has 2 heteroatoms. The van der Waals surface area contributed by atoms with E-state index in [1.807, 2.05) is 24.3 Å². The molecular formula is C19H18O2. The molecule has 2 nitrogen and oxygen atoms in total. The Morgan fingerprint density at radius 1 is 0.762 bits per heavy atom. The molecule has 3 aliphatic carbocycles. The highest BCUT2D eigenvalue weighted by Gasteiger charge is 2.61. The molecule has 0 unspecified atom stereocenters. The highest BCUT2D eigenvalue weighted by Crippen LogP contribution is 2.67. The highest BCUT2D eigenvalue weighted by atomic mass is 16.3. The Morgan fingerprint density at radius 2 is 1.24 bits per heavy atom. The maximum absolute atomic E-state index is 10.6. The molecule has 0 bridgehead atoms. The number of fused-ring (bicyclic) bond motifs is 2. The van der Waals surface area contributed by atoms with Gasteiger partial charge < -0.3 is 10.2 Å². The summed E-state index contributed by atoms with van der Waals surface area (Å²) in [6.07, 6.45) is 4.47. The van der Waals surface area contributed by atoms with E-state index in [0.29, 0.717) is 23.3 Å². The summed E-state index contributed by atoms with van der Waals surface area (Å²) >= 11 is 0. The Balaban J connectivity index is 1.90. The van der Waals surface area contributed by atoms with Crippen LogP contribution in [-0.4, -0.2) is 10.2 Å². The lowest BCUT2D eigenvalue weighted by Gasteiger charge is -2.33. The highest BCUT2D eigenvalue weighted by molar-refractivity contribution is 5.64. The van der Waals surface area contributed by atoms with Gasteiger partial charge in [0.05, 0.1) is 0 Å². The molecule has 5 rings (SSSR count). The van der Waals surface area contributed by atoms with Crippen molar-refractivity contribution < 1.29 is 10.2 Å². The van der Waals surface area contributed by atoms with Crippen LogP contribution in [0.5, 0.6) is 11.5 Å². The molecule has 2 aromatic carbocycles. The van der Waals surface area contributed by atoms with E-state index in [1.54, 1.807) is 0 Å². The summed E-state index contributed by atoms with van der Waals surface area (Å²) < 4.78 is 0. The van der Waals surface area contributed by atoms with Gasteiger partial charge in [-0.2, -0.15) is 0 Å². The fraction of sp³-hybridized carbons (Fsp3) is 0.368. The number of aromatic hydroxyl groups is 2. The Labute approximate surface area is 124 Å². The second-order valence-electron chi connectivity index (χ2n) is 6.87. The van der Waals surface area contributed by atoms with E-state index in [2.05, 4.69) is 12.1 Å². The van der Waals surface area contributed by atoms with Crippen molar-refractivity contribution in [2.75, 3.05) is 0 Å². The molecular weight excluding hydrogens is 260 g/mol. The lowest BCUT2D eigenvalue weighted by molar-refractivity contribution is 0.325. The van der Waals surface area contributed by atoms with Gasteiger partial charge in [-0.25, -0.2) is 0 Å². The number of rotatable bonds is 0. The zero-order valence-corrected chi connectivity index (χ0v) is 11.8. The minimum atomic E-state index is -0.138. The van der Waals surface area contributed by atoms with Crippen molar-refractivity contribution in [3.05, 3.63) is 58.7 Å². The predicted octanol–water partition coefficient (Wildman–Crippen LogP) is 3.52. The van der Waals surface area contributed by atoms with Gasteiger partial charge >= 0.3 is 0 Å². The Kier molecular flexibility index (Phi) is 2.01. The van der Waals surface area contributed by atoms with Crippen LogP contribution in [0.3, 0.4) is 0 Å². The van der Waals surface area contributed by atoms with E-state index in [-0.39, 0.29) is 5.41 Å². The second-order valence-corrected chi connectivity index (χ2v) is 6.87. The van der Waals surface area contributed by atoms with Crippen molar-refractivity contribution in [1.82, 2.24) is 0 Å². The van der Waals surface area contributed by atoms with E-state index < -0.39 is 0 Å². The molecule has 0 saturated heterocycles. The molecule has 2 aromatic rings. The molecule has 1 saturated carbocycles. The summed E-state index contributed by atoms with van der Waals surface area (Å²) in [6, 6.07) is 11.8. The molecule has 2 atom stereocenters. The van der Waals surface area contributed by atoms with Gasteiger partial charge in [-0.1, -0.05) is 24.3 Å². The summed E-state index contributed by atoms with van der Waals surface area (Å²) in [5.74, 6) is 1.89. The predicted molar refractivity (Wildman–Crippen MR) is 80.6 cm³/mol. The lowest BCUT2D eigenvalue weighted by atomic mass is 9.69. The summed E-state index contributed by atoms with van der Waals surface area (Å²) in [6.45, 7) is 0. The number of phenols is 2. The largest absolute Gasteiger partial charge is 0.508 e. The summed E-state index contributed by atoms with van der Waals surface area (Å²) in [5, 5.41) is 21.1. The van der Waals surface area contributed by atoms with Crippen LogP contribution in [0.25, 0.3) is 0 Å². The van der Waals surface area contributed by atoms with E-state index >= 15 is 0 Å². The Bertz CT molecular complexity index is 697. The molecule has 3 aliphatic rings. The zero-order chi connectivity index (χ0) is 14.2. The summed E-state index contributed by atoms with van der Waals surface area (Å²) in [4.78, 5) is 0. The van der Waals surface area contributed by atoms with Gasteiger partial charge in [0, 0.05) is 16.5 Å². The number of benzene rings is 2. The normalized spacial score (nSPS) is 31.6. The van der Waals surface area contributed by atoms with E-state index in [0.717, 1.165) is 24.0 Å². The smallest absolute Gasteiger partial charge is 0.119 e. The van der Waals surface area contributed by atoms with Crippen molar-refractivity contribution in [1.29, 1.82) is 0 Å². The average Bonchev–Trinajstić information content (AvgIpc) is 3.05. The van der Waals surface area contributed by atoms with Crippen LogP contribution < -0.4 is 0 Å². The molecule has 2 N–H and O–H groups in total. The molecule has 0 aliphatic heterocycles. The van der Waals surface area contributed by atoms with Gasteiger partial charge in [0.15, 0.2) is 0 Å². The van der Waals surface area contributed by atoms with Crippen molar-refractivity contribution in [3.63, 3.8) is 0 Å². The Morgan fingerprint density at radius 3 is 1.71 bits per heavy atom. The third-order valence-electron chi connectivity index (χ3n) is 6.17. The number of hydrogen-bond donors (Lipinski definition) is 2. The van der Waals surface area contributed by atoms with Crippen molar-refractivity contribution in [2.45, 2.75) is 31.1 Å². The van der Waals surface area contributed by atoms with Gasteiger partial charge in [-0.05, 0) is 60.8 Å². The third kappa shape index (κ3) is 1.17. The molecule has 1 spiro atoms. The Hall–Kier alpha value is -1.96. The van der Waals surface area contributed by atoms with Crippen LogP contribution in [0.2, 0.25) is 0 Å². The second kappa shape index (κ2) is 3.62. The van der Waals surface area contributed by atoms with Crippen molar-refractivity contribution >= 4 is 0 Å². The molecule has 0 amide bonds. The molecule has 0 aromatic heterocycles. The minimum Gasteiger partial charge on any atom is -0.508 e. The fourth-order valence-corrected chi connectivity index (χ4v) is 5.66. The monoisotopic (exact) mass is 278 g/mol. The van der Waals surface area contributed by atoms with E-state index in [9.17, 15) is 10.2 Å². The first-order valence-electron chi connectivity index (χ1n) is 7.85. The maximum Gasteiger partial charge on any atom is 0.119 e. The fourth-order valence-electron chi connectivity index (χ4n) is 5.66. The topological polar surface area (TPSA) is 40.5 Å². The van der Waals surface area contributed by atoms with Crippen LogP contribution in [-0.2, 0) is 18.3 Å². The minimum absolute atomic E-state index is 0.138. The number of phenolic OH excluding ortho intramolecular Hbond substituents is 2. The van der Waals surface area contributed by atoms with Gasteiger partial charge in [-0.15, -0.1) is 0 Å². The summed E-state index contributed by atoms with van der Waals surface area (Å²) in [5.41, 5.74) is 4.64. The first-order chi connectivity index (χ1) is 10.2. The van der Waals surface area contributed by atoms with Crippen LogP contribution in [0.1, 0.15) is 35.1 Å². The first kappa shape index (κ1) is 11.7. The van der Waals surface area contributed by atoms with Gasteiger partial charge in [0.25, 0.3) is 0 Å². The first-order valence-corrected chi connectivity index (χ1v) is 7.85. The van der Waals surface area contributed by atoms with E-state index in [1.165, 1.54) is 24.0 Å². The number of hydrogen-bond acceptors (Lipinski definition) is 2. The quantitative estimate of drug-likeness (QED) is 0.774. The lowest BCUT2D eigenvalue weighted by Crippen LogP contribution is -2.32. The van der Waals surface area contributed by atoms with Gasteiger partial charge in [-0.3, -0.25) is 0 Å². The molecule has 0 radical (unpaired) electrons. The standard InChI is InChI=1S/C19H18O2/c20-15-5-1-3-11-9-13-7-8-14-10-12-4-2-6-16(21)18(12)19(13,14)17(11)15/h1-6,13-14,20-21H,7-10H2/t13-,14-,19?/m1/s1. The molecule has 1 fully saturated rings. The molecule has 106 valence electrons. The van der Waals surface area contributed by atoms with Gasteiger partial charge in [0.2, 0.25) is 0 Å². The zero-order valence-electron chi connectivity index (χ0n) is 11.8.